The number of carboxylic acid groups (broad SMARTS) is 1. The van der Waals surface area contributed by atoms with Crippen molar-refractivity contribution in [2.75, 3.05) is 6.61 Å². The van der Waals surface area contributed by atoms with Gasteiger partial charge in [-0.2, -0.15) is 8.78 Å². The molecule has 318 valence electrons. The van der Waals surface area contributed by atoms with Gasteiger partial charge in [0.25, 0.3) is 5.92 Å². The van der Waals surface area contributed by atoms with E-state index in [-0.39, 0.29) is 23.7 Å². The van der Waals surface area contributed by atoms with E-state index in [0.29, 0.717) is 16.4 Å². The van der Waals surface area contributed by atoms with Crippen molar-refractivity contribution in [3.63, 3.8) is 0 Å². The maximum Gasteiger partial charge on any atom is 0.336 e. The maximum absolute atomic E-state index is 13.3. The van der Waals surface area contributed by atoms with Gasteiger partial charge in [-0.05, 0) is 102 Å². The van der Waals surface area contributed by atoms with Crippen molar-refractivity contribution in [1.82, 2.24) is 0 Å². The van der Waals surface area contributed by atoms with Crippen molar-refractivity contribution in [2.24, 2.45) is 16.2 Å². The number of hydrogen-bond donors (Lipinski definition) is 1. The largest absolute Gasteiger partial charge is 0.478 e. The van der Waals surface area contributed by atoms with Crippen LogP contribution in [0.4, 0.5) is 48.3 Å². The van der Waals surface area contributed by atoms with Crippen LogP contribution in [0.5, 0.6) is 11.5 Å². The Morgan fingerprint density at radius 2 is 1.07 bits per heavy atom. The van der Waals surface area contributed by atoms with Crippen LogP contribution in [0.2, 0.25) is 0 Å². The molecular formula is C36H42F11IO8. The molecule has 0 aliphatic rings. The highest BCUT2D eigenvalue weighted by Gasteiger charge is 2.50. The molecule has 2 aromatic carbocycles. The summed E-state index contributed by atoms with van der Waals surface area (Å²) in [6.45, 7) is 12.8. The summed E-state index contributed by atoms with van der Waals surface area (Å²) < 4.78 is 154. The number of carbonyl (C=O) groups is 4. The standard InChI is InChI=1S/C13H15IO4.C12H11F5O2.C11H16F6O2/c1-4-13(2,3)12(17)18-8-5-6-10(14)9(7-8)11(15)16;1-4-12(2,3)11(18)19-10-8(16)6(14)5(13)7(15)9(10)17;1-4-9(2,3)8(18)19-6-10(14,15)5-11(16,17)7(12)13/h5-7H,4H2,1-3H3,(H,15,16);4H2,1-3H3;7H,4-6H2,1-3H3. The molecule has 0 bridgehead atoms. The number of halogens is 12. The molecular weight excluding hydrogens is 896 g/mol. The van der Waals surface area contributed by atoms with E-state index in [1.54, 1.807) is 39.8 Å². The number of aromatic carboxylic acids is 1. The Labute approximate surface area is 329 Å². The minimum absolute atomic E-state index is 0.134. The second-order valence-corrected chi connectivity index (χ2v) is 15.2. The quantitative estimate of drug-likeness (QED) is 0.0497. The van der Waals surface area contributed by atoms with E-state index in [1.165, 1.54) is 33.8 Å². The number of rotatable bonds is 14. The van der Waals surface area contributed by atoms with Crippen LogP contribution in [0, 0.1) is 48.9 Å². The first kappa shape index (κ1) is 52.3. The van der Waals surface area contributed by atoms with Gasteiger partial charge in [0.15, 0.2) is 6.61 Å². The zero-order chi connectivity index (χ0) is 44.4. The molecule has 0 aromatic heterocycles. The van der Waals surface area contributed by atoms with Crippen LogP contribution in [-0.4, -0.2) is 53.9 Å². The second kappa shape index (κ2) is 20.6. The summed E-state index contributed by atoms with van der Waals surface area (Å²) in [4.78, 5) is 45.8. The van der Waals surface area contributed by atoms with Crippen LogP contribution in [0.25, 0.3) is 0 Å². The van der Waals surface area contributed by atoms with Crippen molar-refractivity contribution >= 4 is 46.5 Å². The summed E-state index contributed by atoms with van der Waals surface area (Å²) >= 11 is 1.93. The van der Waals surface area contributed by atoms with Gasteiger partial charge in [-0.25, -0.2) is 44.3 Å². The van der Waals surface area contributed by atoms with Crippen molar-refractivity contribution < 1.29 is 86.8 Å². The van der Waals surface area contributed by atoms with Gasteiger partial charge >= 0.3 is 36.2 Å². The third kappa shape index (κ3) is 15.0. The summed E-state index contributed by atoms with van der Waals surface area (Å²) in [6, 6.07) is 4.58. The lowest BCUT2D eigenvalue weighted by molar-refractivity contribution is -0.198. The van der Waals surface area contributed by atoms with E-state index in [9.17, 15) is 67.5 Å². The van der Waals surface area contributed by atoms with Gasteiger partial charge < -0.3 is 19.3 Å². The van der Waals surface area contributed by atoms with Crippen molar-refractivity contribution in [1.29, 1.82) is 0 Å². The van der Waals surface area contributed by atoms with Gasteiger partial charge in [-0.3, -0.25) is 14.4 Å². The number of esters is 3. The highest BCUT2D eigenvalue weighted by molar-refractivity contribution is 14.1. The van der Waals surface area contributed by atoms with E-state index in [1.807, 2.05) is 29.5 Å². The molecule has 8 nitrogen and oxygen atoms in total. The van der Waals surface area contributed by atoms with Gasteiger partial charge in [0.05, 0.1) is 28.2 Å². The third-order valence-electron chi connectivity index (χ3n) is 8.28. The SMILES string of the molecule is CCC(C)(C)C(=O)OCC(F)(F)CC(F)(F)C(F)F.CCC(C)(C)C(=O)Oc1c(F)c(F)c(F)c(F)c1F.CCC(C)(C)C(=O)Oc1ccc(I)c(C(=O)O)c1. The normalized spacial score (nSPS) is 12.2. The molecule has 0 spiro atoms. The molecule has 0 aliphatic carbocycles. The van der Waals surface area contributed by atoms with Crippen LogP contribution in [0.1, 0.15) is 98.4 Å². The van der Waals surface area contributed by atoms with E-state index < -0.39 is 100 Å². The number of ether oxygens (including phenoxy) is 3. The summed E-state index contributed by atoms with van der Waals surface area (Å²) in [5, 5.41) is 8.98. The number of benzene rings is 2. The molecule has 2 rings (SSSR count). The smallest absolute Gasteiger partial charge is 0.336 e. The maximum atomic E-state index is 13.3. The Bertz CT molecular complexity index is 1690. The Balaban J connectivity index is 0.000000811. The molecule has 1 N–H and O–H groups in total. The molecule has 0 fully saturated rings. The first-order chi connectivity index (χ1) is 25.2. The summed E-state index contributed by atoms with van der Waals surface area (Å²) in [6.07, 6.45) is -5.34. The predicted octanol–water partition coefficient (Wildman–Crippen LogP) is 10.9. The molecule has 20 heteroatoms. The van der Waals surface area contributed by atoms with Gasteiger partial charge in [0.2, 0.25) is 34.8 Å². The van der Waals surface area contributed by atoms with Crippen LogP contribution in [0.15, 0.2) is 18.2 Å². The second-order valence-electron chi connectivity index (χ2n) is 14.0. The topological polar surface area (TPSA) is 116 Å². The van der Waals surface area contributed by atoms with E-state index >= 15 is 0 Å². The molecule has 0 saturated heterocycles. The zero-order valence-electron chi connectivity index (χ0n) is 31.7. The third-order valence-corrected chi connectivity index (χ3v) is 9.22. The fourth-order valence-electron chi connectivity index (χ4n) is 3.15. The van der Waals surface area contributed by atoms with Gasteiger partial charge in [0, 0.05) is 3.57 Å². The van der Waals surface area contributed by atoms with Gasteiger partial charge in [-0.1, -0.05) is 20.8 Å². The van der Waals surface area contributed by atoms with Crippen LogP contribution in [-0.2, 0) is 19.1 Å². The molecule has 0 aliphatic heterocycles. The lowest BCUT2D eigenvalue weighted by Crippen LogP contribution is -2.39. The number of carboxylic acids is 1. The fraction of sp³-hybridized carbons (Fsp3) is 0.556. The van der Waals surface area contributed by atoms with Crippen molar-refractivity contribution in [2.45, 2.75) is 106 Å². The lowest BCUT2D eigenvalue weighted by Gasteiger charge is -2.25. The Kier molecular flexibility index (Phi) is 19.3. The first-order valence-electron chi connectivity index (χ1n) is 16.4. The molecule has 2 aromatic rings. The minimum Gasteiger partial charge on any atom is -0.478 e. The first-order valence-corrected chi connectivity index (χ1v) is 17.5. The van der Waals surface area contributed by atoms with Gasteiger partial charge in [-0.15, -0.1) is 0 Å². The fourth-order valence-corrected chi connectivity index (χ4v) is 3.72. The Morgan fingerprint density at radius 1 is 0.679 bits per heavy atom. The molecule has 0 radical (unpaired) electrons. The van der Waals surface area contributed by atoms with Gasteiger partial charge in [0.1, 0.15) is 5.75 Å². The summed E-state index contributed by atoms with van der Waals surface area (Å²) in [5.74, 6) is -24.8. The van der Waals surface area contributed by atoms with Crippen LogP contribution < -0.4 is 9.47 Å². The number of alkyl halides is 6. The van der Waals surface area contributed by atoms with Crippen LogP contribution >= 0.6 is 22.6 Å². The Hall–Kier alpha value is -3.72. The van der Waals surface area contributed by atoms with E-state index in [4.69, 9.17) is 9.84 Å². The average molecular weight is 939 g/mol. The average Bonchev–Trinajstić information content (AvgIpc) is 3.11. The number of hydrogen-bond acceptors (Lipinski definition) is 7. The molecule has 0 atom stereocenters. The number of carbonyl (C=O) groups excluding carboxylic acids is 3. The predicted molar refractivity (Wildman–Crippen MR) is 187 cm³/mol. The highest BCUT2D eigenvalue weighted by atomic mass is 127. The Morgan fingerprint density at radius 3 is 1.46 bits per heavy atom. The summed E-state index contributed by atoms with van der Waals surface area (Å²) in [5.41, 5.74) is -2.59. The minimum atomic E-state index is -4.82. The zero-order valence-corrected chi connectivity index (χ0v) is 33.8. The van der Waals surface area contributed by atoms with Crippen molar-refractivity contribution in [3.8, 4) is 11.5 Å². The molecule has 0 heterocycles. The summed E-state index contributed by atoms with van der Waals surface area (Å²) in [7, 11) is 0. The highest BCUT2D eigenvalue weighted by Crippen LogP contribution is 2.36. The monoisotopic (exact) mass is 938 g/mol. The molecule has 0 unspecified atom stereocenters. The van der Waals surface area contributed by atoms with Crippen LogP contribution in [0.3, 0.4) is 0 Å². The van der Waals surface area contributed by atoms with E-state index in [2.05, 4.69) is 9.47 Å². The molecule has 56 heavy (non-hydrogen) atoms. The molecule has 0 saturated carbocycles. The lowest BCUT2D eigenvalue weighted by atomic mass is 9.91. The molecule has 0 amide bonds. The van der Waals surface area contributed by atoms with E-state index in [0.717, 1.165) is 0 Å². The van der Waals surface area contributed by atoms with Crippen molar-refractivity contribution in [3.05, 3.63) is 56.4 Å².